The first kappa shape index (κ1) is 17.9. The normalized spacial score (nSPS) is 19.4. The minimum atomic E-state index is -4.37. The molecule has 3 rings (SSSR count). The summed E-state index contributed by atoms with van der Waals surface area (Å²) >= 11 is 0. The molecule has 1 aromatic heterocycles. The maximum absolute atomic E-state index is 13.9. The van der Waals surface area contributed by atoms with Crippen LogP contribution in [0.15, 0.2) is 32.7 Å². The Labute approximate surface area is 142 Å². The second kappa shape index (κ2) is 6.11. The Hall–Kier alpha value is -1.92. The lowest BCUT2D eigenvalue weighted by molar-refractivity contribution is 0.303. The van der Waals surface area contributed by atoms with Crippen LogP contribution in [0, 0.1) is 11.6 Å². The van der Waals surface area contributed by atoms with E-state index in [1.54, 1.807) is 0 Å². The fourth-order valence-corrected chi connectivity index (χ4v) is 4.74. The first-order valence-electron chi connectivity index (χ1n) is 7.11. The van der Waals surface area contributed by atoms with Crippen molar-refractivity contribution in [3.8, 4) is 0 Å². The number of sulfone groups is 1. The van der Waals surface area contributed by atoms with E-state index in [2.05, 4.69) is 10.2 Å². The Kier molecular flexibility index (Phi) is 4.37. The Bertz CT molecular complexity index is 1020. The quantitative estimate of drug-likeness (QED) is 0.769. The van der Waals surface area contributed by atoms with Crippen molar-refractivity contribution < 1.29 is 30.0 Å². The minimum Gasteiger partial charge on any atom is -0.411 e. The molecule has 0 spiro atoms. The lowest BCUT2D eigenvalue weighted by atomic mass is 10.2. The molecular weight excluding hydrogens is 380 g/mol. The molecule has 1 aromatic carbocycles. The number of sulfonamides is 1. The van der Waals surface area contributed by atoms with Gasteiger partial charge in [-0.05, 0) is 31.0 Å². The van der Waals surface area contributed by atoms with Crippen LogP contribution in [0.3, 0.4) is 0 Å². The van der Waals surface area contributed by atoms with Crippen LogP contribution in [0.5, 0.6) is 0 Å². The third-order valence-electron chi connectivity index (χ3n) is 3.71. The monoisotopic (exact) mass is 393 g/mol. The van der Waals surface area contributed by atoms with Crippen molar-refractivity contribution >= 4 is 19.9 Å². The van der Waals surface area contributed by atoms with Gasteiger partial charge in [-0.25, -0.2) is 25.6 Å². The van der Waals surface area contributed by atoms with Gasteiger partial charge in [0.15, 0.2) is 0 Å². The van der Waals surface area contributed by atoms with Crippen LogP contribution in [0.25, 0.3) is 0 Å². The molecule has 1 atom stereocenters. The lowest BCUT2D eigenvalue weighted by Crippen LogP contribution is -2.31. The molecule has 1 saturated heterocycles. The van der Waals surface area contributed by atoms with Crippen LogP contribution in [0.4, 0.5) is 8.78 Å². The fraction of sp³-hybridized carbons (Fsp3) is 0.385. The van der Waals surface area contributed by atoms with E-state index in [9.17, 15) is 25.6 Å². The number of rotatable bonds is 4. The third kappa shape index (κ3) is 3.28. The molecule has 0 radical (unpaired) electrons. The number of halogens is 2. The predicted octanol–water partition coefficient (Wildman–Crippen LogP) is 1.28. The van der Waals surface area contributed by atoms with Gasteiger partial charge < -0.3 is 4.42 Å². The summed E-state index contributed by atoms with van der Waals surface area (Å²) in [5.74, 6) is -2.19. The molecule has 1 aliphatic heterocycles. The van der Waals surface area contributed by atoms with Crippen molar-refractivity contribution in [3.05, 3.63) is 35.7 Å². The van der Waals surface area contributed by atoms with Crippen molar-refractivity contribution in [2.75, 3.05) is 12.8 Å². The number of hydrogen-bond acceptors (Lipinski definition) is 7. The molecule has 2 aromatic rings. The topological polar surface area (TPSA) is 110 Å². The van der Waals surface area contributed by atoms with Gasteiger partial charge in [0.1, 0.15) is 22.6 Å². The molecular formula is C13H13F2N3O5S2. The van der Waals surface area contributed by atoms with Gasteiger partial charge in [-0.2, -0.15) is 4.31 Å². The molecule has 0 saturated carbocycles. The van der Waals surface area contributed by atoms with Crippen molar-refractivity contribution in [2.45, 2.75) is 29.0 Å². The van der Waals surface area contributed by atoms with Crippen LogP contribution >= 0.6 is 0 Å². The zero-order valence-electron chi connectivity index (χ0n) is 12.9. The zero-order valence-corrected chi connectivity index (χ0v) is 14.5. The summed E-state index contributed by atoms with van der Waals surface area (Å²) in [5.41, 5.74) is 0. The Morgan fingerprint density at radius 2 is 1.92 bits per heavy atom. The van der Waals surface area contributed by atoms with Gasteiger partial charge in [-0.1, -0.05) is 5.10 Å². The van der Waals surface area contributed by atoms with Gasteiger partial charge in [0, 0.05) is 12.8 Å². The second-order valence-electron chi connectivity index (χ2n) is 5.53. The van der Waals surface area contributed by atoms with Gasteiger partial charge in [-0.15, -0.1) is 5.10 Å². The average molecular weight is 393 g/mol. The number of benzene rings is 1. The van der Waals surface area contributed by atoms with E-state index in [0.717, 1.165) is 22.7 Å². The maximum atomic E-state index is 13.9. The minimum absolute atomic E-state index is 0.0273. The molecule has 0 bridgehead atoms. The van der Waals surface area contributed by atoms with Crippen molar-refractivity contribution in [3.63, 3.8) is 0 Å². The highest BCUT2D eigenvalue weighted by atomic mass is 32.2. The van der Waals surface area contributed by atoms with Crippen molar-refractivity contribution in [1.82, 2.24) is 14.5 Å². The van der Waals surface area contributed by atoms with Crippen LogP contribution in [-0.4, -0.2) is 44.1 Å². The zero-order chi connectivity index (χ0) is 18.4. The summed E-state index contributed by atoms with van der Waals surface area (Å²) < 4.78 is 81.5. The largest absolute Gasteiger partial charge is 0.411 e. The molecule has 136 valence electrons. The highest BCUT2D eigenvalue weighted by Crippen LogP contribution is 2.36. The first-order chi connectivity index (χ1) is 11.6. The summed E-state index contributed by atoms with van der Waals surface area (Å²) in [6.07, 6.45) is 1.56. The molecule has 8 nitrogen and oxygen atoms in total. The molecule has 1 aliphatic rings. The molecule has 0 N–H and O–H groups in total. The fourth-order valence-electron chi connectivity index (χ4n) is 2.58. The summed E-state index contributed by atoms with van der Waals surface area (Å²) in [6.45, 7) is 0.0273. The van der Waals surface area contributed by atoms with Gasteiger partial charge in [0.05, 0.1) is 0 Å². The van der Waals surface area contributed by atoms with Crippen LogP contribution in [-0.2, 0) is 19.9 Å². The lowest BCUT2D eigenvalue weighted by Gasteiger charge is -2.21. The number of aromatic nitrogens is 2. The second-order valence-corrected chi connectivity index (χ2v) is 9.28. The summed E-state index contributed by atoms with van der Waals surface area (Å²) in [7, 11) is -8.12. The molecule has 25 heavy (non-hydrogen) atoms. The van der Waals surface area contributed by atoms with E-state index in [0.29, 0.717) is 12.5 Å². The molecule has 1 fully saturated rings. The van der Waals surface area contributed by atoms with E-state index < -0.39 is 47.7 Å². The third-order valence-corrected chi connectivity index (χ3v) is 6.43. The average Bonchev–Trinajstić information content (AvgIpc) is 3.16. The van der Waals surface area contributed by atoms with Crippen molar-refractivity contribution in [2.24, 2.45) is 0 Å². The van der Waals surface area contributed by atoms with E-state index in [1.807, 2.05) is 0 Å². The highest BCUT2D eigenvalue weighted by Gasteiger charge is 2.41. The number of nitrogens with zero attached hydrogens (tertiary/aromatic N) is 3. The summed E-state index contributed by atoms with van der Waals surface area (Å²) in [6, 6.07) is 1.18. The van der Waals surface area contributed by atoms with E-state index in [1.165, 1.54) is 0 Å². The SMILES string of the molecule is CS(=O)(=O)c1nnc([C@@H]2CCCN2S(=O)(=O)c2cc(F)ccc2F)o1. The Morgan fingerprint density at radius 1 is 1.20 bits per heavy atom. The van der Waals surface area contributed by atoms with Gasteiger partial charge in [-0.3, -0.25) is 0 Å². The van der Waals surface area contributed by atoms with Crippen LogP contribution < -0.4 is 0 Å². The molecule has 0 amide bonds. The molecule has 0 aliphatic carbocycles. The molecule has 12 heteroatoms. The number of hydrogen-bond donors (Lipinski definition) is 0. The van der Waals surface area contributed by atoms with E-state index >= 15 is 0 Å². The predicted molar refractivity (Wildman–Crippen MR) is 79.6 cm³/mol. The van der Waals surface area contributed by atoms with Crippen LogP contribution in [0.1, 0.15) is 24.8 Å². The first-order valence-corrected chi connectivity index (χ1v) is 10.4. The van der Waals surface area contributed by atoms with E-state index in [-0.39, 0.29) is 18.9 Å². The van der Waals surface area contributed by atoms with Crippen molar-refractivity contribution in [1.29, 1.82) is 0 Å². The summed E-state index contributed by atoms with van der Waals surface area (Å²) in [4.78, 5) is -0.803. The van der Waals surface area contributed by atoms with Crippen LogP contribution in [0.2, 0.25) is 0 Å². The summed E-state index contributed by atoms with van der Waals surface area (Å²) in [5, 5.41) is 6.35. The smallest absolute Gasteiger partial charge is 0.335 e. The van der Waals surface area contributed by atoms with E-state index in [4.69, 9.17) is 4.42 Å². The Morgan fingerprint density at radius 3 is 2.56 bits per heavy atom. The Balaban J connectivity index is 2.01. The standard InChI is InChI=1S/C13H13F2N3O5S2/c1-24(19,20)13-17-16-12(23-13)10-3-2-6-18(10)25(21,22)11-7-8(14)4-5-9(11)15/h4-5,7,10H,2-3,6H2,1H3/t10-/m0/s1. The van der Waals surface area contributed by atoms with Gasteiger partial charge >= 0.3 is 5.22 Å². The maximum Gasteiger partial charge on any atom is 0.335 e. The molecule has 2 heterocycles. The highest BCUT2D eigenvalue weighted by molar-refractivity contribution is 7.90. The van der Waals surface area contributed by atoms with Gasteiger partial charge in [0.25, 0.3) is 0 Å². The molecule has 0 unspecified atom stereocenters. The van der Waals surface area contributed by atoms with Gasteiger partial charge in [0.2, 0.25) is 25.8 Å².